The van der Waals surface area contributed by atoms with E-state index in [2.05, 4.69) is 4.98 Å². The highest BCUT2D eigenvalue weighted by atomic mass is 35.5. The molecule has 2 aromatic carbocycles. The van der Waals surface area contributed by atoms with Gasteiger partial charge in [-0.05, 0) is 36.8 Å². The summed E-state index contributed by atoms with van der Waals surface area (Å²) in [6.45, 7) is 1.74. The number of fused-ring (bicyclic) bond motifs is 1. The SMILES string of the molecule is COC(=O)C(C)c1ccc2oc(=O)c(-c3ccc(Cl)cc3)nc2c1. The quantitative estimate of drug-likeness (QED) is 0.677. The Kier molecular flexibility index (Phi) is 4.36. The number of carbonyl (C=O) groups is 1. The molecule has 0 amide bonds. The van der Waals surface area contributed by atoms with E-state index in [1.54, 1.807) is 49.4 Å². The second kappa shape index (κ2) is 6.45. The molecule has 0 N–H and O–H groups in total. The van der Waals surface area contributed by atoms with Crippen molar-refractivity contribution in [1.82, 2.24) is 4.98 Å². The standard InChI is InChI=1S/C18H14ClNO4/c1-10(17(21)23-2)12-5-8-15-14(9-12)20-16(18(22)24-15)11-3-6-13(19)7-4-11/h3-10H,1-2H3. The number of esters is 1. The van der Waals surface area contributed by atoms with Crippen LogP contribution in [0.25, 0.3) is 22.4 Å². The summed E-state index contributed by atoms with van der Waals surface area (Å²) >= 11 is 5.87. The third kappa shape index (κ3) is 3.03. The van der Waals surface area contributed by atoms with Crippen LogP contribution in [0.5, 0.6) is 0 Å². The first kappa shape index (κ1) is 16.2. The lowest BCUT2D eigenvalue weighted by atomic mass is 10.0. The molecule has 0 bridgehead atoms. The van der Waals surface area contributed by atoms with E-state index in [0.29, 0.717) is 21.7 Å². The number of halogens is 1. The molecule has 1 atom stereocenters. The van der Waals surface area contributed by atoms with E-state index in [9.17, 15) is 9.59 Å². The molecule has 0 aliphatic carbocycles. The average Bonchev–Trinajstić information content (AvgIpc) is 2.60. The van der Waals surface area contributed by atoms with Crippen molar-refractivity contribution in [2.75, 3.05) is 7.11 Å². The van der Waals surface area contributed by atoms with Crippen molar-refractivity contribution in [2.24, 2.45) is 0 Å². The fourth-order valence-corrected chi connectivity index (χ4v) is 2.52. The summed E-state index contributed by atoms with van der Waals surface area (Å²) in [5.41, 5.74) is 1.87. The number of aromatic nitrogens is 1. The van der Waals surface area contributed by atoms with Gasteiger partial charge < -0.3 is 9.15 Å². The fourth-order valence-electron chi connectivity index (χ4n) is 2.39. The molecular formula is C18H14ClNO4. The molecule has 0 radical (unpaired) electrons. The van der Waals surface area contributed by atoms with Gasteiger partial charge >= 0.3 is 11.6 Å². The highest BCUT2D eigenvalue weighted by Crippen LogP contribution is 2.23. The number of ether oxygens (including phenoxy) is 1. The summed E-state index contributed by atoms with van der Waals surface area (Å²) in [5, 5.41) is 0.568. The van der Waals surface area contributed by atoms with Crippen LogP contribution in [0.4, 0.5) is 0 Å². The van der Waals surface area contributed by atoms with E-state index in [0.717, 1.165) is 5.56 Å². The van der Waals surface area contributed by atoms with E-state index in [1.165, 1.54) is 7.11 Å². The fraction of sp³-hybridized carbons (Fsp3) is 0.167. The number of rotatable bonds is 3. The largest absolute Gasteiger partial charge is 0.469 e. The number of carbonyl (C=O) groups excluding carboxylic acids is 1. The molecule has 0 spiro atoms. The Morgan fingerprint density at radius 2 is 1.92 bits per heavy atom. The Balaban J connectivity index is 2.12. The Labute approximate surface area is 142 Å². The van der Waals surface area contributed by atoms with Crippen LogP contribution in [0.15, 0.2) is 51.7 Å². The van der Waals surface area contributed by atoms with Gasteiger partial charge in [0.15, 0.2) is 11.3 Å². The molecule has 1 aromatic heterocycles. The smallest absolute Gasteiger partial charge is 0.363 e. The predicted octanol–water partition coefficient (Wildman–Crippen LogP) is 3.78. The van der Waals surface area contributed by atoms with Crippen molar-refractivity contribution in [3.8, 4) is 11.3 Å². The molecule has 1 unspecified atom stereocenters. The normalized spacial score (nSPS) is 12.1. The lowest BCUT2D eigenvalue weighted by Crippen LogP contribution is -2.11. The minimum Gasteiger partial charge on any atom is -0.469 e. The van der Waals surface area contributed by atoms with Crippen LogP contribution < -0.4 is 5.63 Å². The molecule has 0 fully saturated rings. The monoisotopic (exact) mass is 343 g/mol. The van der Waals surface area contributed by atoms with Crippen LogP contribution >= 0.6 is 11.6 Å². The third-order valence-electron chi connectivity index (χ3n) is 3.78. The molecule has 3 rings (SSSR count). The van der Waals surface area contributed by atoms with Crippen LogP contribution in [0.2, 0.25) is 5.02 Å². The van der Waals surface area contributed by atoms with E-state index in [1.807, 2.05) is 0 Å². The highest BCUT2D eigenvalue weighted by Gasteiger charge is 2.17. The van der Waals surface area contributed by atoms with Gasteiger partial charge in [0.1, 0.15) is 5.52 Å². The minimum atomic E-state index is -0.529. The molecule has 0 aliphatic rings. The number of methoxy groups -OCH3 is 1. The predicted molar refractivity (Wildman–Crippen MR) is 91.2 cm³/mol. The molecule has 1 heterocycles. The Hall–Kier alpha value is -2.66. The second-order valence-electron chi connectivity index (χ2n) is 5.33. The first-order valence-electron chi connectivity index (χ1n) is 7.28. The van der Waals surface area contributed by atoms with Gasteiger partial charge in [0.2, 0.25) is 0 Å². The Morgan fingerprint density at radius 3 is 2.58 bits per heavy atom. The first-order chi connectivity index (χ1) is 11.5. The van der Waals surface area contributed by atoms with Gasteiger partial charge in [0.25, 0.3) is 0 Å². The summed E-state index contributed by atoms with van der Waals surface area (Å²) < 4.78 is 10.1. The molecule has 3 aromatic rings. The maximum atomic E-state index is 12.2. The molecular weight excluding hydrogens is 330 g/mol. The van der Waals surface area contributed by atoms with Crippen LogP contribution in [0, 0.1) is 0 Å². The summed E-state index contributed by atoms with van der Waals surface area (Å²) in [7, 11) is 1.34. The van der Waals surface area contributed by atoms with Crippen molar-refractivity contribution < 1.29 is 13.9 Å². The third-order valence-corrected chi connectivity index (χ3v) is 4.04. The molecule has 24 heavy (non-hydrogen) atoms. The molecule has 5 nitrogen and oxygen atoms in total. The highest BCUT2D eigenvalue weighted by molar-refractivity contribution is 6.30. The zero-order valence-electron chi connectivity index (χ0n) is 13.1. The Bertz CT molecular complexity index is 963. The summed E-state index contributed by atoms with van der Waals surface area (Å²) in [4.78, 5) is 28.3. The summed E-state index contributed by atoms with van der Waals surface area (Å²) in [6.07, 6.45) is 0. The van der Waals surface area contributed by atoms with Crippen LogP contribution in [0.1, 0.15) is 18.4 Å². The number of benzene rings is 2. The van der Waals surface area contributed by atoms with Gasteiger partial charge in [-0.2, -0.15) is 0 Å². The van der Waals surface area contributed by atoms with Gasteiger partial charge in [-0.1, -0.05) is 29.8 Å². The van der Waals surface area contributed by atoms with E-state index in [-0.39, 0.29) is 11.7 Å². The van der Waals surface area contributed by atoms with Gasteiger partial charge in [0, 0.05) is 10.6 Å². The van der Waals surface area contributed by atoms with Crippen molar-refractivity contribution in [3.05, 3.63) is 63.5 Å². The van der Waals surface area contributed by atoms with Crippen LogP contribution in [0.3, 0.4) is 0 Å². The van der Waals surface area contributed by atoms with Gasteiger partial charge in [0.05, 0.1) is 13.0 Å². The lowest BCUT2D eigenvalue weighted by Gasteiger charge is -2.10. The summed E-state index contributed by atoms with van der Waals surface area (Å²) in [6, 6.07) is 11.8. The van der Waals surface area contributed by atoms with Crippen LogP contribution in [-0.4, -0.2) is 18.1 Å². The van der Waals surface area contributed by atoms with Crippen molar-refractivity contribution in [2.45, 2.75) is 12.8 Å². The Morgan fingerprint density at radius 1 is 1.21 bits per heavy atom. The second-order valence-corrected chi connectivity index (χ2v) is 5.77. The molecule has 0 aliphatic heterocycles. The van der Waals surface area contributed by atoms with Gasteiger partial charge in [-0.3, -0.25) is 4.79 Å². The molecule has 6 heteroatoms. The molecule has 0 saturated carbocycles. The number of nitrogens with zero attached hydrogens (tertiary/aromatic N) is 1. The molecule has 0 saturated heterocycles. The van der Waals surface area contributed by atoms with Crippen molar-refractivity contribution in [1.29, 1.82) is 0 Å². The zero-order chi connectivity index (χ0) is 17.3. The van der Waals surface area contributed by atoms with E-state index >= 15 is 0 Å². The van der Waals surface area contributed by atoms with E-state index < -0.39 is 11.5 Å². The van der Waals surface area contributed by atoms with Crippen LogP contribution in [-0.2, 0) is 9.53 Å². The number of hydrogen-bond acceptors (Lipinski definition) is 5. The zero-order valence-corrected chi connectivity index (χ0v) is 13.8. The topological polar surface area (TPSA) is 69.4 Å². The van der Waals surface area contributed by atoms with Gasteiger partial charge in [-0.25, -0.2) is 9.78 Å². The maximum Gasteiger partial charge on any atom is 0.363 e. The van der Waals surface area contributed by atoms with Gasteiger partial charge in [-0.15, -0.1) is 0 Å². The van der Waals surface area contributed by atoms with Crippen molar-refractivity contribution >= 4 is 28.7 Å². The molecule has 122 valence electrons. The summed E-state index contributed by atoms with van der Waals surface area (Å²) in [5.74, 6) is -0.781. The minimum absolute atomic E-state index is 0.196. The van der Waals surface area contributed by atoms with Crippen molar-refractivity contribution in [3.63, 3.8) is 0 Å². The first-order valence-corrected chi connectivity index (χ1v) is 7.66. The average molecular weight is 344 g/mol. The lowest BCUT2D eigenvalue weighted by molar-refractivity contribution is -0.141. The number of hydrogen-bond donors (Lipinski definition) is 0. The van der Waals surface area contributed by atoms with E-state index in [4.69, 9.17) is 20.8 Å². The maximum absolute atomic E-state index is 12.2.